The van der Waals surface area contributed by atoms with Crippen molar-refractivity contribution in [3.63, 3.8) is 0 Å². The molecular weight excluding hydrogens is 244 g/mol. The molecule has 0 radical (unpaired) electrons. The maximum absolute atomic E-state index is 12.4. The van der Waals surface area contributed by atoms with E-state index in [-0.39, 0.29) is 11.8 Å². The Morgan fingerprint density at radius 2 is 2.05 bits per heavy atom. The minimum absolute atomic E-state index is 0.132. The topological polar surface area (TPSA) is 83.6 Å². The Kier molecular flexibility index (Phi) is 4.13. The van der Waals surface area contributed by atoms with Crippen LogP contribution < -0.4 is 5.73 Å². The number of fused-ring (bicyclic) bond motifs is 1. The highest BCUT2D eigenvalue weighted by Crippen LogP contribution is 2.42. The van der Waals surface area contributed by atoms with Crippen LogP contribution in [-0.4, -0.2) is 40.5 Å². The van der Waals surface area contributed by atoms with Crippen LogP contribution in [0.25, 0.3) is 0 Å². The van der Waals surface area contributed by atoms with Crippen molar-refractivity contribution < 1.29 is 14.7 Å². The Balaban J connectivity index is 2.10. The molecule has 5 nitrogen and oxygen atoms in total. The quantitative estimate of drug-likeness (QED) is 0.799. The summed E-state index contributed by atoms with van der Waals surface area (Å²) in [6.45, 7) is 4.60. The molecule has 19 heavy (non-hydrogen) atoms. The molecule has 0 aromatic heterocycles. The van der Waals surface area contributed by atoms with E-state index in [1.54, 1.807) is 0 Å². The van der Waals surface area contributed by atoms with E-state index in [0.717, 1.165) is 19.3 Å². The summed E-state index contributed by atoms with van der Waals surface area (Å²) in [6, 6.07) is -1.22. The average molecular weight is 268 g/mol. The monoisotopic (exact) mass is 268 g/mol. The summed E-state index contributed by atoms with van der Waals surface area (Å²) in [5.74, 6) is -0.233. The molecule has 1 aliphatic heterocycles. The van der Waals surface area contributed by atoms with Gasteiger partial charge in [-0.15, -0.1) is 0 Å². The van der Waals surface area contributed by atoms with Crippen molar-refractivity contribution in [2.45, 2.75) is 51.6 Å². The van der Waals surface area contributed by atoms with Crippen LogP contribution in [-0.2, 0) is 9.59 Å². The molecule has 2 fully saturated rings. The van der Waals surface area contributed by atoms with Gasteiger partial charge in [-0.1, -0.05) is 20.3 Å². The summed E-state index contributed by atoms with van der Waals surface area (Å²) < 4.78 is 0. The predicted molar refractivity (Wildman–Crippen MR) is 71.4 cm³/mol. The molecule has 1 saturated carbocycles. The number of carbonyl (C=O) groups is 2. The van der Waals surface area contributed by atoms with Crippen LogP contribution in [0.4, 0.5) is 0 Å². The number of carboxylic acid groups (broad SMARTS) is 1. The molecule has 108 valence electrons. The summed E-state index contributed by atoms with van der Waals surface area (Å²) in [6.07, 6.45) is 3.65. The Hall–Kier alpha value is -1.10. The van der Waals surface area contributed by atoms with E-state index in [2.05, 4.69) is 0 Å². The summed E-state index contributed by atoms with van der Waals surface area (Å²) in [5, 5.41) is 9.41. The van der Waals surface area contributed by atoms with Gasteiger partial charge in [0.25, 0.3) is 0 Å². The van der Waals surface area contributed by atoms with Gasteiger partial charge in [-0.3, -0.25) is 4.79 Å². The Labute approximate surface area is 114 Å². The highest BCUT2D eigenvalue weighted by molar-refractivity contribution is 5.87. The zero-order valence-corrected chi connectivity index (χ0v) is 11.7. The second-order valence-electron chi connectivity index (χ2n) is 6.36. The molecular formula is C14H24N2O3. The first-order chi connectivity index (χ1) is 8.91. The summed E-state index contributed by atoms with van der Waals surface area (Å²) in [7, 11) is 0. The maximum atomic E-state index is 12.4. The normalized spacial score (nSPS) is 31.6. The molecule has 3 N–H and O–H groups in total. The number of carboxylic acids is 1. The molecule has 5 heteroatoms. The van der Waals surface area contributed by atoms with E-state index in [0.29, 0.717) is 24.8 Å². The van der Waals surface area contributed by atoms with Gasteiger partial charge < -0.3 is 15.7 Å². The van der Waals surface area contributed by atoms with Crippen LogP contribution in [0.3, 0.4) is 0 Å². The molecule has 1 heterocycles. The first kappa shape index (κ1) is 14.3. The molecule has 0 aromatic rings. The average Bonchev–Trinajstić information content (AvgIpc) is 2.84. The third-order valence-corrected chi connectivity index (χ3v) is 4.47. The number of nitrogens with zero attached hydrogens (tertiary/aromatic N) is 1. The third-order valence-electron chi connectivity index (χ3n) is 4.47. The zero-order chi connectivity index (χ0) is 14.2. The fourth-order valence-corrected chi connectivity index (χ4v) is 3.67. The van der Waals surface area contributed by atoms with E-state index in [1.165, 1.54) is 4.90 Å². The molecule has 4 atom stereocenters. The number of aliphatic carboxylic acids is 1. The van der Waals surface area contributed by atoms with E-state index < -0.39 is 18.1 Å². The second-order valence-corrected chi connectivity index (χ2v) is 6.36. The molecule has 0 spiro atoms. The maximum Gasteiger partial charge on any atom is 0.326 e. The second kappa shape index (κ2) is 5.49. The molecule has 1 aliphatic carbocycles. The number of carbonyl (C=O) groups excluding carboxylic acids is 1. The molecule has 1 saturated heterocycles. The van der Waals surface area contributed by atoms with Gasteiger partial charge in [0.1, 0.15) is 6.04 Å². The molecule has 0 aromatic carbocycles. The van der Waals surface area contributed by atoms with E-state index >= 15 is 0 Å². The lowest BCUT2D eigenvalue weighted by Gasteiger charge is -2.27. The van der Waals surface area contributed by atoms with E-state index in [4.69, 9.17) is 5.73 Å². The fourth-order valence-electron chi connectivity index (χ4n) is 3.67. The number of hydrogen-bond acceptors (Lipinski definition) is 3. The molecule has 2 aliphatic rings. The smallest absolute Gasteiger partial charge is 0.326 e. The lowest BCUT2D eigenvalue weighted by molar-refractivity contribution is -0.150. The Morgan fingerprint density at radius 1 is 1.37 bits per heavy atom. The van der Waals surface area contributed by atoms with Crippen LogP contribution in [0.2, 0.25) is 0 Å². The molecule has 0 bridgehead atoms. The van der Waals surface area contributed by atoms with Crippen LogP contribution in [0.1, 0.15) is 39.5 Å². The highest BCUT2D eigenvalue weighted by Gasteiger charge is 2.50. The zero-order valence-electron chi connectivity index (χ0n) is 11.7. The van der Waals surface area contributed by atoms with Gasteiger partial charge in [-0.2, -0.15) is 0 Å². The standard InChI is InChI=1S/C14H24N2O3/c1-8(2)6-11(15)13(17)16-7-9-4-3-5-10(9)12(16)14(18)19/h8-12H,3-7,15H2,1-2H3,(H,18,19)/t9?,10?,11-,12?/m0/s1. The third kappa shape index (κ3) is 2.76. The van der Waals surface area contributed by atoms with Crippen LogP contribution in [0.5, 0.6) is 0 Å². The van der Waals surface area contributed by atoms with Gasteiger partial charge in [-0.25, -0.2) is 4.79 Å². The highest BCUT2D eigenvalue weighted by atomic mass is 16.4. The fraction of sp³-hybridized carbons (Fsp3) is 0.857. The molecule has 2 rings (SSSR count). The van der Waals surface area contributed by atoms with Crippen LogP contribution >= 0.6 is 0 Å². The summed E-state index contributed by atoms with van der Waals surface area (Å²) in [5.41, 5.74) is 5.93. The first-order valence-electron chi connectivity index (χ1n) is 7.20. The first-order valence-corrected chi connectivity index (χ1v) is 7.20. The number of hydrogen-bond donors (Lipinski definition) is 2. The summed E-state index contributed by atoms with van der Waals surface area (Å²) in [4.78, 5) is 25.4. The number of amides is 1. The molecule has 1 amide bonds. The van der Waals surface area contributed by atoms with Crippen molar-refractivity contribution in [1.82, 2.24) is 4.90 Å². The Morgan fingerprint density at radius 3 is 2.63 bits per heavy atom. The van der Waals surface area contributed by atoms with Gasteiger partial charge in [0.15, 0.2) is 0 Å². The predicted octanol–water partition coefficient (Wildman–Crippen LogP) is 1.07. The number of nitrogens with two attached hydrogens (primary N) is 1. The van der Waals surface area contributed by atoms with Gasteiger partial charge >= 0.3 is 5.97 Å². The van der Waals surface area contributed by atoms with Gasteiger partial charge in [0, 0.05) is 6.54 Å². The van der Waals surface area contributed by atoms with Crippen LogP contribution in [0, 0.1) is 17.8 Å². The summed E-state index contributed by atoms with van der Waals surface area (Å²) >= 11 is 0. The van der Waals surface area contributed by atoms with Gasteiger partial charge in [-0.05, 0) is 37.0 Å². The Bertz CT molecular complexity index is 370. The van der Waals surface area contributed by atoms with E-state index in [9.17, 15) is 14.7 Å². The molecule has 3 unspecified atom stereocenters. The lowest BCUT2D eigenvalue weighted by Crippen LogP contribution is -2.50. The minimum atomic E-state index is -0.875. The number of likely N-dealkylation sites (tertiary alicyclic amines) is 1. The lowest BCUT2D eigenvalue weighted by atomic mass is 9.94. The van der Waals surface area contributed by atoms with Gasteiger partial charge in [0.2, 0.25) is 5.91 Å². The van der Waals surface area contributed by atoms with Crippen molar-refractivity contribution in [3.05, 3.63) is 0 Å². The van der Waals surface area contributed by atoms with Crippen molar-refractivity contribution in [3.8, 4) is 0 Å². The van der Waals surface area contributed by atoms with Crippen molar-refractivity contribution >= 4 is 11.9 Å². The van der Waals surface area contributed by atoms with Crippen molar-refractivity contribution in [1.29, 1.82) is 0 Å². The van der Waals surface area contributed by atoms with Crippen molar-refractivity contribution in [2.24, 2.45) is 23.5 Å². The van der Waals surface area contributed by atoms with Crippen LogP contribution in [0.15, 0.2) is 0 Å². The largest absolute Gasteiger partial charge is 0.480 e. The van der Waals surface area contributed by atoms with E-state index in [1.807, 2.05) is 13.8 Å². The van der Waals surface area contributed by atoms with Gasteiger partial charge in [0.05, 0.1) is 6.04 Å². The van der Waals surface area contributed by atoms with Crippen molar-refractivity contribution in [2.75, 3.05) is 6.54 Å². The SMILES string of the molecule is CC(C)C[C@H](N)C(=O)N1CC2CCCC2C1C(=O)O. The number of rotatable bonds is 4. The minimum Gasteiger partial charge on any atom is -0.480 e.